The molecule has 0 bridgehead atoms. The van der Waals surface area contributed by atoms with Crippen LogP contribution in [0.1, 0.15) is 10.4 Å². The standard InChI is InChI=1S/C16H15N3O3S2/c1-19(2)24(21,22)13-5-3-4-12(9-13)18-16(20)11-6-7-14-15(8-11)23-10-17-14/h3-10H,1-2H3,(H,18,20). The first kappa shape index (κ1) is 16.6. The third-order valence-electron chi connectivity index (χ3n) is 3.46. The number of benzene rings is 2. The average Bonchev–Trinajstić information content (AvgIpc) is 3.02. The molecule has 6 nitrogen and oxygen atoms in total. The molecule has 0 saturated heterocycles. The molecule has 3 aromatic rings. The molecular formula is C16H15N3O3S2. The van der Waals surface area contributed by atoms with Gasteiger partial charge in [-0.05, 0) is 36.4 Å². The Balaban J connectivity index is 1.86. The predicted molar refractivity (Wildman–Crippen MR) is 94.9 cm³/mol. The summed E-state index contributed by atoms with van der Waals surface area (Å²) in [4.78, 5) is 16.7. The smallest absolute Gasteiger partial charge is 0.255 e. The maximum absolute atomic E-state index is 12.4. The van der Waals surface area contributed by atoms with Crippen LogP contribution in [0.25, 0.3) is 10.2 Å². The van der Waals surface area contributed by atoms with Gasteiger partial charge in [-0.1, -0.05) is 6.07 Å². The highest BCUT2D eigenvalue weighted by molar-refractivity contribution is 7.89. The van der Waals surface area contributed by atoms with Crippen LogP contribution in [0.5, 0.6) is 0 Å². The van der Waals surface area contributed by atoms with Gasteiger partial charge in [0.25, 0.3) is 5.91 Å². The summed E-state index contributed by atoms with van der Waals surface area (Å²) in [5.74, 6) is -0.301. The number of nitrogens with one attached hydrogen (secondary N) is 1. The van der Waals surface area contributed by atoms with Crippen molar-refractivity contribution in [3.63, 3.8) is 0 Å². The SMILES string of the molecule is CN(C)S(=O)(=O)c1cccc(NC(=O)c2ccc3ncsc3c2)c1. The molecule has 0 saturated carbocycles. The Morgan fingerprint density at radius 3 is 2.71 bits per heavy atom. The lowest BCUT2D eigenvalue weighted by Crippen LogP contribution is -2.22. The second-order valence-electron chi connectivity index (χ2n) is 5.30. The van der Waals surface area contributed by atoms with Crippen LogP contribution in [-0.2, 0) is 10.0 Å². The Morgan fingerprint density at radius 2 is 1.96 bits per heavy atom. The molecule has 0 aliphatic rings. The van der Waals surface area contributed by atoms with Gasteiger partial charge >= 0.3 is 0 Å². The highest BCUT2D eigenvalue weighted by Gasteiger charge is 2.18. The second-order valence-corrected chi connectivity index (χ2v) is 8.34. The zero-order valence-corrected chi connectivity index (χ0v) is 14.7. The highest BCUT2D eigenvalue weighted by atomic mass is 32.2. The molecule has 0 radical (unpaired) electrons. The molecule has 8 heteroatoms. The number of hydrogen-bond donors (Lipinski definition) is 1. The van der Waals surface area contributed by atoms with Gasteiger partial charge in [0.15, 0.2) is 0 Å². The van der Waals surface area contributed by atoms with Crippen LogP contribution >= 0.6 is 11.3 Å². The molecule has 3 rings (SSSR count). The molecule has 0 aliphatic carbocycles. The van der Waals surface area contributed by atoms with Gasteiger partial charge in [-0.3, -0.25) is 4.79 Å². The fraction of sp³-hybridized carbons (Fsp3) is 0.125. The number of anilines is 1. The van der Waals surface area contributed by atoms with E-state index in [1.807, 2.05) is 0 Å². The highest BCUT2D eigenvalue weighted by Crippen LogP contribution is 2.21. The monoisotopic (exact) mass is 361 g/mol. The number of carbonyl (C=O) groups is 1. The molecule has 0 unspecified atom stereocenters. The number of aromatic nitrogens is 1. The van der Waals surface area contributed by atoms with Gasteiger partial charge in [0.1, 0.15) is 0 Å². The number of carbonyl (C=O) groups excluding carboxylic acids is 1. The number of thiazole rings is 1. The molecule has 1 N–H and O–H groups in total. The molecule has 124 valence electrons. The minimum Gasteiger partial charge on any atom is -0.322 e. The predicted octanol–water partition coefficient (Wildman–Crippen LogP) is 2.80. The van der Waals surface area contributed by atoms with Crippen LogP contribution in [0.15, 0.2) is 52.9 Å². The summed E-state index contributed by atoms with van der Waals surface area (Å²) in [6.07, 6.45) is 0. The lowest BCUT2D eigenvalue weighted by molar-refractivity contribution is 0.102. The maximum atomic E-state index is 12.4. The van der Waals surface area contributed by atoms with Crippen molar-refractivity contribution in [2.45, 2.75) is 4.90 Å². The van der Waals surface area contributed by atoms with Crippen molar-refractivity contribution in [1.82, 2.24) is 9.29 Å². The van der Waals surface area contributed by atoms with Crippen LogP contribution in [0, 0.1) is 0 Å². The maximum Gasteiger partial charge on any atom is 0.255 e. The van der Waals surface area contributed by atoms with Crippen LogP contribution in [0.2, 0.25) is 0 Å². The third kappa shape index (κ3) is 3.16. The van der Waals surface area contributed by atoms with Crippen molar-refractivity contribution in [2.24, 2.45) is 0 Å². The lowest BCUT2D eigenvalue weighted by Gasteiger charge is -2.12. The first-order valence-electron chi connectivity index (χ1n) is 7.05. The minimum absolute atomic E-state index is 0.128. The third-order valence-corrected chi connectivity index (χ3v) is 6.07. The van der Waals surface area contributed by atoms with E-state index in [-0.39, 0.29) is 10.8 Å². The van der Waals surface area contributed by atoms with E-state index < -0.39 is 10.0 Å². The van der Waals surface area contributed by atoms with Crippen molar-refractivity contribution in [2.75, 3.05) is 19.4 Å². The molecule has 0 spiro atoms. The fourth-order valence-corrected chi connectivity index (χ4v) is 3.81. The minimum atomic E-state index is -3.55. The Bertz CT molecular complexity index is 1010. The van der Waals surface area contributed by atoms with Crippen molar-refractivity contribution < 1.29 is 13.2 Å². The van der Waals surface area contributed by atoms with E-state index in [1.54, 1.807) is 35.8 Å². The van der Waals surface area contributed by atoms with Gasteiger partial charge in [0.2, 0.25) is 10.0 Å². The second kappa shape index (κ2) is 6.31. The topological polar surface area (TPSA) is 79.4 Å². The van der Waals surface area contributed by atoms with Gasteiger partial charge in [-0.15, -0.1) is 11.3 Å². The Kier molecular flexibility index (Phi) is 4.35. The Labute approximate surface area is 143 Å². The molecule has 0 fully saturated rings. The van der Waals surface area contributed by atoms with Crippen LogP contribution in [0.3, 0.4) is 0 Å². The van der Waals surface area contributed by atoms with Crippen LogP contribution < -0.4 is 5.32 Å². The van der Waals surface area contributed by atoms with E-state index in [9.17, 15) is 13.2 Å². The molecule has 0 atom stereocenters. The zero-order valence-electron chi connectivity index (χ0n) is 13.1. The number of sulfonamides is 1. The fourth-order valence-electron chi connectivity index (χ4n) is 2.14. The summed E-state index contributed by atoms with van der Waals surface area (Å²) in [7, 11) is -0.619. The molecule has 0 aliphatic heterocycles. The summed E-state index contributed by atoms with van der Waals surface area (Å²) in [5.41, 5.74) is 3.48. The van der Waals surface area contributed by atoms with Crippen LogP contribution in [0.4, 0.5) is 5.69 Å². The van der Waals surface area contributed by atoms with Gasteiger partial charge in [0.05, 0.1) is 20.6 Å². The van der Waals surface area contributed by atoms with Gasteiger partial charge in [0, 0.05) is 25.3 Å². The summed E-state index contributed by atoms with van der Waals surface area (Å²) >= 11 is 1.46. The first-order chi connectivity index (χ1) is 11.4. The summed E-state index contributed by atoms with van der Waals surface area (Å²) in [6.45, 7) is 0. The number of nitrogens with zero attached hydrogens (tertiary/aromatic N) is 2. The average molecular weight is 361 g/mol. The molecule has 2 aromatic carbocycles. The Hall–Kier alpha value is -2.29. The molecule has 1 amide bonds. The summed E-state index contributed by atoms with van der Waals surface area (Å²) in [5, 5.41) is 2.73. The summed E-state index contributed by atoms with van der Waals surface area (Å²) < 4.78 is 26.4. The quantitative estimate of drug-likeness (QED) is 0.775. The number of fused-ring (bicyclic) bond motifs is 1. The lowest BCUT2D eigenvalue weighted by atomic mass is 10.2. The van der Waals surface area contributed by atoms with Gasteiger partial charge in [-0.25, -0.2) is 17.7 Å². The number of amides is 1. The van der Waals surface area contributed by atoms with E-state index >= 15 is 0 Å². The largest absolute Gasteiger partial charge is 0.322 e. The zero-order chi connectivity index (χ0) is 17.3. The van der Waals surface area contributed by atoms with E-state index in [2.05, 4.69) is 10.3 Å². The molecular weight excluding hydrogens is 346 g/mol. The Morgan fingerprint density at radius 1 is 1.17 bits per heavy atom. The number of hydrogen-bond acceptors (Lipinski definition) is 5. The van der Waals surface area contributed by atoms with E-state index in [1.165, 1.54) is 37.6 Å². The van der Waals surface area contributed by atoms with Crippen molar-refractivity contribution in [3.8, 4) is 0 Å². The normalized spacial score (nSPS) is 11.8. The molecule has 24 heavy (non-hydrogen) atoms. The molecule has 1 heterocycles. The van der Waals surface area contributed by atoms with Gasteiger partial charge < -0.3 is 5.32 Å². The van der Waals surface area contributed by atoms with Crippen molar-refractivity contribution in [1.29, 1.82) is 0 Å². The molecule has 1 aromatic heterocycles. The first-order valence-corrected chi connectivity index (χ1v) is 9.37. The van der Waals surface area contributed by atoms with E-state index in [0.29, 0.717) is 11.3 Å². The van der Waals surface area contributed by atoms with Gasteiger partial charge in [-0.2, -0.15) is 0 Å². The van der Waals surface area contributed by atoms with Crippen LogP contribution in [-0.4, -0.2) is 37.7 Å². The summed E-state index contributed by atoms with van der Waals surface area (Å²) in [6, 6.07) is 11.4. The van der Waals surface area contributed by atoms with E-state index in [4.69, 9.17) is 0 Å². The van der Waals surface area contributed by atoms with Crippen molar-refractivity contribution >= 4 is 43.2 Å². The van der Waals surface area contributed by atoms with E-state index in [0.717, 1.165) is 14.5 Å². The number of rotatable bonds is 4. The van der Waals surface area contributed by atoms with Crippen molar-refractivity contribution in [3.05, 3.63) is 53.5 Å².